The molecule has 1 fully saturated rings. The standard InChI is InChI=1S/C11H15F3N4OS/c12-11(13,14)9-17-18-10(20-9)16-8(19)2-1-7-3-5-15-6-4-7/h7,15H,1-6H2,(H,16,18,19). The molecule has 1 saturated heterocycles. The Labute approximate surface area is 118 Å². The van der Waals surface area contributed by atoms with Crippen LogP contribution in [0.25, 0.3) is 0 Å². The average molecular weight is 308 g/mol. The first kappa shape index (κ1) is 15.2. The molecule has 0 unspecified atom stereocenters. The zero-order chi connectivity index (χ0) is 14.6. The van der Waals surface area contributed by atoms with Crippen LogP contribution in [0.5, 0.6) is 0 Å². The van der Waals surface area contributed by atoms with E-state index in [0.29, 0.717) is 23.7 Å². The Kier molecular flexibility index (Phi) is 4.92. The summed E-state index contributed by atoms with van der Waals surface area (Å²) < 4.78 is 37.0. The monoisotopic (exact) mass is 308 g/mol. The number of hydrogen-bond acceptors (Lipinski definition) is 5. The molecule has 0 saturated carbocycles. The van der Waals surface area contributed by atoms with Crippen molar-refractivity contribution in [1.29, 1.82) is 0 Å². The number of rotatable bonds is 4. The predicted octanol–water partition coefficient (Wildman–Crippen LogP) is 2.28. The van der Waals surface area contributed by atoms with Gasteiger partial charge in [0.2, 0.25) is 16.0 Å². The number of nitrogens with one attached hydrogen (secondary N) is 2. The summed E-state index contributed by atoms with van der Waals surface area (Å²) in [6.45, 7) is 1.91. The van der Waals surface area contributed by atoms with Crippen LogP contribution in [0, 0.1) is 5.92 Å². The van der Waals surface area contributed by atoms with Gasteiger partial charge in [0.25, 0.3) is 0 Å². The maximum absolute atomic E-state index is 12.3. The van der Waals surface area contributed by atoms with E-state index in [-0.39, 0.29) is 11.0 Å². The van der Waals surface area contributed by atoms with Crippen molar-refractivity contribution in [2.75, 3.05) is 18.4 Å². The Morgan fingerprint density at radius 1 is 1.35 bits per heavy atom. The number of amides is 1. The predicted molar refractivity (Wildman–Crippen MR) is 68.4 cm³/mol. The fraction of sp³-hybridized carbons (Fsp3) is 0.727. The molecule has 0 aliphatic carbocycles. The van der Waals surface area contributed by atoms with Crippen molar-refractivity contribution in [2.45, 2.75) is 31.9 Å². The third kappa shape index (κ3) is 4.41. The molecule has 0 atom stereocenters. The van der Waals surface area contributed by atoms with Crippen molar-refractivity contribution in [2.24, 2.45) is 5.92 Å². The van der Waals surface area contributed by atoms with Crippen molar-refractivity contribution in [3.8, 4) is 0 Å². The molecule has 112 valence electrons. The zero-order valence-electron chi connectivity index (χ0n) is 10.7. The maximum atomic E-state index is 12.3. The van der Waals surface area contributed by atoms with Gasteiger partial charge < -0.3 is 10.6 Å². The Morgan fingerprint density at radius 3 is 2.65 bits per heavy atom. The van der Waals surface area contributed by atoms with Crippen LogP contribution in [0.2, 0.25) is 0 Å². The molecule has 0 aromatic carbocycles. The van der Waals surface area contributed by atoms with E-state index in [9.17, 15) is 18.0 Å². The van der Waals surface area contributed by atoms with E-state index in [0.717, 1.165) is 32.4 Å². The van der Waals surface area contributed by atoms with E-state index in [1.165, 1.54) is 0 Å². The lowest BCUT2D eigenvalue weighted by Gasteiger charge is -2.21. The molecule has 0 bridgehead atoms. The topological polar surface area (TPSA) is 66.9 Å². The highest BCUT2D eigenvalue weighted by molar-refractivity contribution is 7.15. The van der Waals surface area contributed by atoms with E-state index in [2.05, 4.69) is 20.8 Å². The summed E-state index contributed by atoms with van der Waals surface area (Å²) in [7, 11) is 0. The summed E-state index contributed by atoms with van der Waals surface area (Å²) in [5, 5.41) is 10.8. The van der Waals surface area contributed by atoms with Crippen LogP contribution in [-0.2, 0) is 11.0 Å². The van der Waals surface area contributed by atoms with Crippen LogP contribution >= 0.6 is 11.3 Å². The fourth-order valence-electron chi connectivity index (χ4n) is 2.08. The largest absolute Gasteiger partial charge is 0.445 e. The van der Waals surface area contributed by atoms with Crippen LogP contribution in [0.15, 0.2) is 0 Å². The van der Waals surface area contributed by atoms with Crippen LogP contribution in [0.3, 0.4) is 0 Å². The number of aromatic nitrogens is 2. The molecule has 1 aliphatic rings. The summed E-state index contributed by atoms with van der Waals surface area (Å²) in [5.74, 6) is 0.190. The molecule has 5 nitrogen and oxygen atoms in total. The summed E-state index contributed by atoms with van der Waals surface area (Å²) in [5.41, 5.74) is 0. The number of carbonyl (C=O) groups is 1. The number of nitrogens with zero attached hydrogens (tertiary/aromatic N) is 2. The molecule has 2 N–H and O–H groups in total. The highest BCUT2D eigenvalue weighted by Gasteiger charge is 2.35. The molecule has 9 heteroatoms. The minimum atomic E-state index is -4.52. The van der Waals surface area contributed by atoms with Gasteiger partial charge in [-0.15, -0.1) is 10.2 Å². The quantitative estimate of drug-likeness (QED) is 0.895. The molecule has 20 heavy (non-hydrogen) atoms. The number of alkyl halides is 3. The van der Waals surface area contributed by atoms with Crippen LogP contribution in [0.1, 0.15) is 30.7 Å². The maximum Gasteiger partial charge on any atom is 0.445 e. The summed E-state index contributed by atoms with van der Waals surface area (Å²) >= 11 is 0.340. The second-order valence-electron chi connectivity index (χ2n) is 4.69. The molecule has 1 amide bonds. The molecular weight excluding hydrogens is 293 g/mol. The molecule has 0 spiro atoms. The van der Waals surface area contributed by atoms with E-state index in [1.54, 1.807) is 0 Å². The van der Waals surface area contributed by atoms with E-state index in [4.69, 9.17) is 0 Å². The molecule has 2 rings (SSSR count). The smallest absolute Gasteiger partial charge is 0.317 e. The number of halogens is 3. The molecule has 1 aromatic heterocycles. The van der Waals surface area contributed by atoms with Crippen molar-refractivity contribution >= 4 is 22.4 Å². The number of anilines is 1. The summed E-state index contributed by atoms with van der Waals surface area (Å²) in [6, 6.07) is 0. The first-order valence-electron chi connectivity index (χ1n) is 6.36. The van der Waals surface area contributed by atoms with Gasteiger partial charge in [-0.05, 0) is 38.3 Å². The van der Waals surface area contributed by atoms with Gasteiger partial charge in [0.15, 0.2) is 0 Å². The lowest BCUT2D eigenvalue weighted by Crippen LogP contribution is -2.28. The normalized spacial score (nSPS) is 17.1. The van der Waals surface area contributed by atoms with Crippen LogP contribution in [-0.4, -0.2) is 29.2 Å². The summed E-state index contributed by atoms with van der Waals surface area (Å²) in [6.07, 6.45) is -1.41. The van der Waals surface area contributed by atoms with Crippen LogP contribution < -0.4 is 10.6 Å². The second kappa shape index (κ2) is 6.49. The lowest BCUT2D eigenvalue weighted by molar-refractivity contribution is -0.138. The van der Waals surface area contributed by atoms with Crippen LogP contribution in [0.4, 0.5) is 18.3 Å². The minimum absolute atomic E-state index is 0.104. The number of piperidine rings is 1. The van der Waals surface area contributed by atoms with Gasteiger partial charge in [0.1, 0.15) is 0 Å². The SMILES string of the molecule is O=C(CCC1CCNCC1)Nc1nnc(C(F)(F)F)s1. The van der Waals surface area contributed by atoms with Gasteiger partial charge in [0, 0.05) is 6.42 Å². The minimum Gasteiger partial charge on any atom is -0.317 e. The average Bonchev–Trinajstić information content (AvgIpc) is 2.86. The van der Waals surface area contributed by atoms with Gasteiger partial charge in [-0.1, -0.05) is 11.3 Å². The van der Waals surface area contributed by atoms with Gasteiger partial charge in [-0.3, -0.25) is 4.79 Å². The first-order chi connectivity index (χ1) is 9.45. The highest BCUT2D eigenvalue weighted by Crippen LogP contribution is 2.33. The Balaban J connectivity index is 1.77. The van der Waals surface area contributed by atoms with E-state index in [1.807, 2.05) is 0 Å². The zero-order valence-corrected chi connectivity index (χ0v) is 11.5. The Morgan fingerprint density at radius 2 is 2.05 bits per heavy atom. The molecule has 2 heterocycles. The highest BCUT2D eigenvalue weighted by atomic mass is 32.1. The number of carbonyl (C=O) groups excluding carboxylic acids is 1. The second-order valence-corrected chi connectivity index (χ2v) is 5.67. The lowest BCUT2D eigenvalue weighted by atomic mass is 9.93. The molecule has 1 aromatic rings. The molecule has 1 aliphatic heterocycles. The first-order valence-corrected chi connectivity index (χ1v) is 7.18. The fourth-order valence-corrected chi connectivity index (χ4v) is 2.70. The molecular formula is C11H15F3N4OS. The van der Waals surface area contributed by atoms with Crippen molar-refractivity contribution in [3.63, 3.8) is 0 Å². The Hall–Kier alpha value is -1.22. The van der Waals surface area contributed by atoms with Gasteiger partial charge in [0.05, 0.1) is 0 Å². The van der Waals surface area contributed by atoms with Gasteiger partial charge in [-0.25, -0.2) is 0 Å². The summed E-state index contributed by atoms with van der Waals surface area (Å²) in [4.78, 5) is 11.6. The van der Waals surface area contributed by atoms with E-state index >= 15 is 0 Å². The van der Waals surface area contributed by atoms with Crippen molar-refractivity contribution < 1.29 is 18.0 Å². The van der Waals surface area contributed by atoms with Gasteiger partial charge >= 0.3 is 6.18 Å². The Bertz CT molecular complexity index is 457. The molecule has 0 radical (unpaired) electrons. The third-order valence-electron chi connectivity index (χ3n) is 3.15. The van der Waals surface area contributed by atoms with Crippen molar-refractivity contribution in [1.82, 2.24) is 15.5 Å². The van der Waals surface area contributed by atoms with Gasteiger partial charge in [-0.2, -0.15) is 13.2 Å². The van der Waals surface area contributed by atoms with E-state index < -0.39 is 11.2 Å². The van der Waals surface area contributed by atoms with Crippen molar-refractivity contribution in [3.05, 3.63) is 5.01 Å². The number of hydrogen-bond donors (Lipinski definition) is 2. The third-order valence-corrected chi connectivity index (χ3v) is 4.04.